The van der Waals surface area contributed by atoms with Gasteiger partial charge < -0.3 is 10.2 Å². The van der Waals surface area contributed by atoms with Gasteiger partial charge in [-0.1, -0.05) is 17.7 Å². The Bertz CT molecular complexity index is 492. The van der Waals surface area contributed by atoms with E-state index < -0.39 is 0 Å². The zero-order chi connectivity index (χ0) is 15.1. The van der Waals surface area contributed by atoms with Gasteiger partial charge in [0.1, 0.15) is 17.8 Å². The second kappa shape index (κ2) is 7.53. The van der Waals surface area contributed by atoms with Gasteiger partial charge in [0.15, 0.2) is 0 Å². The van der Waals surface area contributed by atoms with E-state index in [2.05, 4.69) is 19.6 Å². The first-order valence-corrected chi connectivity index (χ1v) is 6.78. The molecule has 3 heteroatoms. The summed E-state index contributed by atoms with van der Waals surface area (Å²) in [5.74, 6) is 0.0514. The molecule has 0 fully saturated rings. The van der Waals surface area contributed by atoms with Crippen molar-refractivity contribution in [1.29, 1.82) is 0 Å². The summed E-state index contributed by atoms with van der Waals surface area (Å²) in [7, 11) is 0. The number of allylic oxidation sites excluding steroid dienone is 3. The third kappa shape index (κ3) is 3.98. The summed E-state index contributed by atoms with van der Waals surface area (Å²) in [6.07, 6.45) is 7.49. The third-order valence-corrected chi connectivity index (χ3v) is 3.24. The average molecular weight is 274 g/mol. The molecule has 1 aromatic rings. The van der Waals surface area contributed by atoms with Crippen LogP contribution in [0.2, 0.25) is 0 Å². The molecule has 20 heavy (non-hydrogen) atoms. The van der Waals surface area contributed by atoms with E-state index >= 15 is 0 Å². The minimum atomic E-state index is 0.00282. The maximum atomic E-state index is 10.6. The minimum Gasteiger partial charge on any atom is -0.507 e. The molecule has 2 N–H and O–H groups in total. The Morgan fingerprint density at radius 3 is 2.30 bits per heavy atom. The summed E-state index contributed by atoms with van der Waals surface area (Å²) in [5.41, 5.74) is 2.11. The van der Waals surface area contributed by atoms with Gasteiger partial charge in [0, 0.05) is 17.0 Å². The predicted octanol–water partition coefficient (Wildman–Crippen LogP) is 4.32. The highest BCUT2D eigenvalue weighted by Crippen LogP contribution is 2.40. The molecule has 0 aliphatic heterocycles. The first kappa shape index (κ1) is 16.0. The Kier molecular flexibility index (Phi) is 6.04. The Labute approximate surface area is 120 Å². The van der Waals surface area contributed by atoms with E-state index in [0.717, 1.165) is 19.3 Å². The second-order valence-corrected chi connectivity index (χ2v) is 5.01. The van der Waals surface area contributed by atoms with E-state index in [9.17, 15) is 15.0 Å². The number of aromatic hydroxyl groups is 2. The molecule has 0 saturated heterocycles. The second-order valence-electron chi connectivity index (χ2n) is 5.01. The lowest BCUT2D eigenvalue weighted by Gasteiger charge is -2.21. The number of carbonyl (C=O) groups is 1. The molecule has 0 spiro atoms. The molecule has 1 aliphatic rings. The summed E-state index contributed by atoms with van der Waals surface area (Å²) in [5, 5.41) is 19.8. The molecule has 0 aromatic heterocycles. The summed E-state index contributed by atoms with van der Waals surface area (Å²) in [6, 6.07) is 2.81. The van der Waals surface area contributed by atoms with E-state index in [1.54, 1.807) is 6.08 Å². The molecule has 108 valence electrons. The Morgan fingerprint density at radius 1 is 1.30 bits per heavy atom. The molecule has 3 nitrogen and oxygen atoms in total. The highest BCUT2D eigenvalue weighted by Gasteiger charge is 2.21. The van der Waals surface area contributed by atoms with Gasteiger partial charge in [0.2, 0.25) is 0 Å². The first-order valence-electron chi connectivity index (χ1n) is 6.78. The number of benzene rings is 1. The van der Waals surface area contributed by atoms with Crippen molar-refractivity contribution in [2.24, 2.45) is 0 Å². The fraction of sp³-hybridized carbons (Fsp3) is 0.353. The maximum Gasteiger partial charge on any atom is 0.150 e. The van der Waals surface area contributed by atoms with Gasteiger partial charge in [0.05, 0.1) is 0 Å². The van der Waals surface area contributed by atoms with Crippen LogP contribution < -0.4 is 0 Å². The van der Waals surface area contributed by atoms with E-state index in [0.29, 0.717) is 17.4 Å². The van der Waals surface area contributed by atoms with Gasteiger partial charge in [-0.2, -0.15) is 0 Å². The average Bonchev–Trinajstić information content (AvgIpc) is 2.38. The van der Waals surface area contributed by atoms with Crippen LogP contribution in [-0.4, -0.2) is 16.5 Å². The fourth-order valence-corrected chi connectivity index (χ4v) is 2.43. The van der Waals surface area contributed by atoms with Gasteiger partial charge in [-0.15, -0.1) is 6.58 Å². The number of rotatable bonds is 2. The molecule has 0 bridgehead atoms. The van der Waals surface area contributed by atoms with Crippen LogP contribution in [0.1, 0.15) is 54.9 Å². The van der Waals surface area contributed by atoms with Crippen molar-refractivity contribution in [3.8, 4) is 11.5 Å². The molecule has 1 atom stereocenters. The molecular formula is C17H22O3. The van der Waals surface area contributed by atoms with Crippen molar-refractivity contribution in [3.05, 3.63) is 47.6 Å². The van der Waals surface area contributed by atoms with E-state index in [4.69, 9.17) is 0 Å². The van der Waals surface area contributed by atoms with Gasteiger partial charge >= 0.3 is 0 Å². The van der Waals surface area contributed by atoms with Crippen LogP contribution in [0.15, 0.2) is 36.4 Å². The van der Waals surface area contributed by atoms with Gasteiger partial charge in [-0.05, 0) is 45.2 Å². The highest BCUT2D eigenvalue weighted by atomic mass is 16.3. The predicted molar refractivity (Wildman–Crippen MR) is 81.4 cm³/mol. The van der Waals surface area contributed by atoms with E-state index in [1.165, 1.54) is 17.7 Å². The highest BCUT2D eigenvalue weighted by molar-refractivity contribution is 5.77. The molecule has 0 heterocycles. The molecule has 2 rings (SSSR count). The monoisotopic (exact) mass is 274 g/mol. The lowest BCUT2D eigenvalue weighted by molar-refractivity contribution is 0.112. The Hall–Kier alpha value is -2.03. The summed E-state index contributed by atoms with van der Waals surface area (Å²) in [4.78, 5) is 10.6. The van der Waals surface area contributed by atoms with Crippen LogP contribution in [0.3, 0.4) is 0 Å². The van der Waals surface area contributed by atoms with Crippen LogP contribution in [0.25, 0.3) is 0 Å². The van der Waals surface area contributed by atoms with Crippen LogP contribution in [0.4, 0.5) is 0 Å². The first-order chi connectivity index (χ1) is 9.53. The van der Waals surface area contributed by atoms with Crippen LogP contribution in [0, 0.1) is 0 Å². The number of hydrogen-bond acceptors (Lipinski definition) is 3. The van der Waals surface area contributed by atoms with E-state index in [-0.39, 0.29) is 17.4 Å². The molecule has 1 aromatic carbocycles. The van der Waals surface area contributed by atoms with Crippen molar-refractivity contribution in [1.82, 2.24) is 0 Å². The largest absolute Gasteiger partial charge is 0.507 e. The number of carbonyl (C=O) groups excluding carboxylic acids is 1. The number of aldehydes is 1. The van der Waals surface area contributed by atoms with Crippen molar-refractivity contribution in [3.63, 3.8) is 0 Å². The third-order valence-electron chi connectivity index (χ3n) is 3.24. The zero-order valence-corrected chi connectivity index (χ0v) is 12.1. The molecule has 0 unspecified atom stereocenters. The van der Waals surface area contributed by atoms with Crippen molar-refractivity contribution in [2.75, 3.05) is 0 Å². The summed E-state index contributed by atoms with van der Waals surface area (Å²) in [6.45, 7) is 7.31. The summed E-state index contributed by atoms with van der Waals surface area (Å²) >= 11 is 0. The molecule has 1 aliphatic carbocycles. The lowest BCUT2D eigenvalue weighted by Crippen LogP contribution is -2.03. The van der Waals surface area contributed by atoms with Crippen LogP contribution in [-0.2, 0) is 0 Å². The number of phenolic OH excluding ortho intramolecular Hbond substituents is 2. The summed E-state index contributed by atoms with van der Waals surface area (Å²) < 4.78 is 0. The minimum absolute atomic E-state index is 0.00282. The van der Waals surface area contributed by atoms with Gasteiger partial charge in [-0.3, -0.25) is 4.79 Å². The fourth-order valence-electron chi connectivity index (χ4n) is 2.43. The smallest absolute Gasteiger partial charge is 0.150 e. The van der Waals surface area contributed by atoms with Crippen LogP contribution in [0.5, 0.6) is 11.5 Å². The SMILES string of the molecule is C=CC.CC1=C[C@@H](c2c(O)cc(C=O)cc2O)CCC1. The van der Waals surface area contributed by atoms with Crippen molar-refractivity contribution >= 4 is 6.29 Å². The quantitative estimate of drug-likeness (QED) is 0.624. The standard InChI is InChI=1S/C14H16O3.C3H6/c1-9-3-2-4-11(5-9)14-12(16)6-10(8-15)7-13(14)17;1-3-2/h5-8,11,16-17H,2-4H2,1H3;3H,1H2,2H3/t11-;/m0./s1. The molecule has 0 amide bonds. The lowest BCUT2D eigenvalue weighted by atomic mass is 9.85. The maximum absolute atomic E-state index is 10.6. The van der Waals surface area contributed by atoms with E-state index in [1.807, 2.05) is 6.92 Å². The number of phenols is 2. The molecular weight excluding hydrogens is 252 g/mol. The van der Waals surface area contributed by atoms with Crippen molar-refractivity contribution in [2.45, 2.75) is 39.0 Å². The zero-order valence-electron chi connectivity index (χ0n) is 12.1. The Balaban J connectivity index is 0.000000612. The van der Waals surface area contributed by atoms with Gasteiger partial charge in [-0.25, -0.2) is 0 Å². The van der Waals surface area contributed by atoms with Crippen LogP contribution >= 0.6 is 0 Å². The molecule has 0 saturated carbocycles. The normalized spacial score (nSPS) is 17.5. The Morgan fingerprint density at radius 2 is 1.85 bits per heavy atom. The topological polar surface area (TPSA) is 57.5 Å². The van der Waals surface area contributed by atoms with Crippen molar-refractivity contribution < 1.29 is 15.0 Å². The molecule has 0 radical (unpaired) electrons. The number of hydrogen-bond donors (Lipinski definition) is 2. The van der Waals surface area contributed by atoms with Gasteiger partial charge in [0.25, 0.3) is 0 Å².